The van der Waals surface area contributed by atoms with Crippen molar-refractivity contribution in [2.45, 2.75) is 33.6 Å². The first kappa shape index (κ1) is 24.4. The van der Waals surface area contributed by atoms with Crippen LogP contribution in [-0.4, -0.2) is 43.5 Å². The minimum Gasteiger partial charge on any atom is -0.357 e. The number of guanidine groups is 1. The van der Waals surface area contributed by atoms with E-state index in [1.807, 2.05) is 31.2 Å². The molecule has 1 heterocycles. The summed E-state index contributed by atoms with van der Waals surface area (Å²) in [6.45, 7) is 8.46. The molecule has 0 atom stereocenters. The monoisotopic (exact) mass is 515 g/mol. The molecule has 0 aliphatic rings. The zero-order valence-electron chi connectivity index (χ0n) is 17.0. The van der Waals surface area contributed by atoms with Crippen LogP contribution in [0.5, 0.6) is 0 Å². The third-order valence-electron chi connectivity index (χ3n) is 4.13. The predicted octanol–water partition coefficient (Wildman–Crippen LogP) is 3.08. The molecular formula is C20H30IN5OS. The van der Waals surface area contributed by atoms with E-state index in [1.54, 1.807) is 18.4 Å². The normalized spacial score (nSPS) is 10.9. The fraction of sp³-hybridized carbons (Fsp3) is 0.450. The number of nitrogens with one attached hydrogen (secondary N) is 3. The highest BCUT2D eigenvalue weighted by atomic mass is 127. The molecule has 2 aromatic rings. The Morgan fingerprint density at radius 3 is 2.64 bits per heavy atom. The second kappa shape index (κ2) is 12.7. The number of benzene rings is 1. The number of halogens is 1. The van der Waals surface area contributed by atoms with Crippen molar-refractivity contribution in [3.8, 4) is 0 Å². The summed E-state index contributed by atoms with van der Waals surface area (Å²) in [6, 6.07) is 7.70. The Balaban J connectivity index is 0.00000392. The van der Waals surface area contributed by atoms with E-state index in [0.717, 1.165) is 48.2 Å². The van der Waals surface area contributed by atoms with Crippen molar-refractivity contribution in [3.05, 3.63) is 51.0 Å². The van der Waals surface area contributed by atoms with Gasteiger partial charge in [-0.2, -0.15) is 0 Å². The first-order chi connectivity index (χ1) is 13.0. The van der Waals surface area contributed by atoms with E-state index in [0.29, 0.717) is 12.1 Å². The maximum Gasteiger partial charge on any atom is 0.251 e. The van der Waals surface area contributed by atoms with E-state index < -0.39 is 0 Å². The van der Waals surface area contributed by atoms with E-state index in [2.05, 4.69) is 39.8 Å². The molecule has 0 unspecified atom stereocenters. The molecule has 2 rings (SSSR count). The minimum absolute atomic E-state index is 0. The maximum atomic E-state index is 11.7. The third-order valence-corrected chi connectivity index (χ3v) is 5.27. The molecule has 28 heavy (non-hydrogen) atoms. The molecule has 0 radical (unpaired) electrons. The van der Waals surface area contributed by atoms with Crippen molar-refractivity contribution in [2.24, 2.45) is 4.99 Å². The minimum atomic E-state index is -0.0626. The van der Waals surface area contributed by atoms with Crippen molar-refractivity contribution >= 4 is 47.2 Å². The fourth-order valence-corrected chi connectivity index (χ4v) is 3.51. The highest BCUT2D eigenvalue weighted by molar-refractivity contribution is 14.0. The lowest BCUT2D eigenvalue weighted by Gasteiger charge is -2.11. The molecule has 0 bridgehead atoms. The van der Waals surface area contributed by atoms with Gasteiger partial charge in [-0.3, -0.25) is 9.79 Å². The van der Waals surface area contributed by atoms with Crippen molar-refractivity contribution in [2.75, 3.05) is 26.7 Å². The number of rotatable bonds is 8. The van der Waals surface area contributed by atoms with Gasteiger partial charge in [0.15, 0.2) is 5.96 Å². The molecule has 154 valence electrons. The highest BCUT2D eigenvalue weighted by Gasteiger charge is 2.05. The molecule has 0 aliphatic heterocycles. The van der Waals surface area contributed by atoms with Crippen LogP contribution < -0.4 is 16.0 Å². The molecule has 0 saturated carbocycles. The Kier molecular flexibility index (Phi) is 11.1. The Hall–Kier alpha value is -1.68. The van der Waals surface area contributed by atoms with Crippen LogP contribution in [0.2, 0.25) is 0 Å². The number of aliphatic imine (C=N–C) groups is 1. The van der Waals surface area contributed by atoms with E-state index >= 15 is 0 Å². The number of carbonyl (C=O) groups excluding carboxylic acids is 1. The second-order valence-electron chi connectivity index (χ2n) is 6.22. The lowest BCUT2D eigenvalue weighted by Crippen LogP contribution is -2.38. The Morgan fingerprint density at radius 2 is 2.00 bits per heavy atom. The van der Waals surface area contributed by atoms with Crippen LogP contribution in [0.25, 0.3) is 0 Å². The molecule has 0 fully saturated rings. The van der Waals surface area contributed by atoms with Crippen LogP contribution in [0.1, 0.15) is 38.4 Å². The van der Waals surface area contributed by atoms with E-state index in [1.165, 1.54) is 4.88 Å². The van der Waals surface area contributed by atoms with Gasteiger partial charge in [0.1, 0.15) is 0 Å². The number of aryl methyl sites for hydroxylation is 2. The lowest BCUT2D eigenvalue weighted by molar-refractivity contribution is 0.0963. The van der Waals surface area contributed by atoms with Crippen molar-refractivity contribution in [1.82, 2.24) is 20.9 Å². The molecule has 0 spiro atoms. The van der Waals surface area contributed by atoms with Gasteiger partial charge in [-0.1, -0.05) is 12.1 Å². The summed E-state index contributed by atoms with van der Waals surface area (Å²) in [5, 5.41) is 10.4. The molecule has 3 N–H and O–H groups in total. The Bertz CT molecular complexity index is 771. The van der Waals surface area contributed by atoms with E-state index in [4.69, 9.17) is 0 Å². The van der Waals surface area contributed by atoms with E-state index in [-0.39, 0.29) is 29.9 Å². The Labute approximate surface area is 188 Å². The summed E-state index contributed by atoms with van der Waals surface area (Å²) in [7, 11) is 1.64. The quantitative estimate of drug-likeness (QED) is 0.287. The van der Waals surface area contributed by atoms with Crippen LogP contribution in [0.3, 0.4) is 0 Å². The number of hydrogen-bond donors (Lipinski definition) is 3. The van der Waals surface area contributed by atoms with Gasteiger partial charge in [0.2, 0.25) is 0 Å². The van der Waals surface area contributed by atoms with Gasteiger partial charge in [-0.25, -0.2) is 4.98 Å². The molecule has 0 saturated heterocycles. The summed E-state index contributed by atoms with van der Waals surface area (Å²) in [4.78, 5) is 22.2. The van der Waals surface area contributed by atoms with Gasteiger partial charge < -0.3 is 16.0 Å². The maximum absolute atomic E-state index is 11.7. The van der Waals surface area contributed by atoms with Crippen LogP contribution in [-0.2, 0) is 12.8 Å². The van der Waals surface area contributed by atoms with E-state index in [9.17, 15) is 4.79 Å². The van der Waals surface area contributed by atoms with Gasteiger partial charge in [0.05, 0.1) is 10.7 Å². The largest absolute Gasteiger partial charge is 0.357 e. The summed E-state index contributed by atoms with van der Waals surface area (Å²) >= 11 is 1.75. The molecule has 0 aliphatic carbocycles. The summed E-state index contributed by atoms with van der Waals surface area (Å²) in [5.74, 6) is 0.748. The van der Waals surface area contributed by atoms with Crippen molar-refractivity contribution in [3.63, 3.8) is 0 Å². The highest BCUT2D eigenvalue weighted by Crippen LogP contribution is 2.16. The average Bonchev–Trinajstić information content (AvgIpc) is 2.99. The fourth-order valence-electron chi connectivity index (χ4n) is 2.59. The number of thiazole rings is 1. The van der Waals surface area contributed by atoms with Gasteiger partial charge in [-0.15, -0.1) is 35.3 Å². The van der Waals surface area contributed by atoms with Gasteiger partial charge in [0, 0.05) is 43.5 Å². The standard InChI is InChI=1S/C20H29N5OS.HI/c1-5-22-20(24-12-10-18-25-14(2)15(3)27-18)23-11-9-16-7-6-8-17(13-16)19(26)21-4;/h6-8,13H,5,9-12H2,1-4H3,(H,21,26)(H2,22,23,24);1H. The number of amides is 1. The number of hydrogen-bond acceptors (Lipinski definition) is 4. The van der Waals surface area contributed by atoms with Gasteiger partial charge in [-0.05, 0) is 44.9 Å². The molecule has 8 heteroatoms. The zero-order chi connectivity index (χ0) is 19.6. The lowest BCUT2D eigenvalue weighted by atomic mass is 10.1. The van der Waals surface area contributed by atoms with Gasteiger partial charge >= 0.3 is 0 Å². The number of aromatic nitrogens is 1. The smallest absolute Gasteiger partial charge is 0.251 e. The molecule has 1 amide bonds. The second-order valence-corrected chi connectivity index (χ2v) is 7.50. The topological polar surface area (TPSA) is 78.4 Å². The van der Waals surface area contributed by atoms with Crippen LogP contribution in [0, 0.1) is 13.8 Å². The molecule has 6 nitrogen and oxygen atoms in total. The van der Waals surface area contributed by atoms with Crippen molar-refractivity contribution in [1.29, 1.82) is 0 Å². The summed E-state index contributed by atoms with van der Waals surface area (Å²) < 4.78 is 0. The zero-order valence-corrected chi connectivity index (χ0v) is 20.1. The Morgan fingerprint density at radius 1 is 1.21 bits per heavy atom. The van der Waals surface area contributed by atoms with Crippen LogP contribution in [0.15, 0.2) is 29.3 Å². The molecular weight excluding hydrogens is 485 g/mol. The summed E-state index contributed by atoms with van der Waals surface area (Å²) in [6.07, 6.45) is 1.67. The van der Waals surface area contributed by atoms with Crippen LogP contribution >= 0.6 is 35.3 Å². The summed E-state index contributed by atoms with van der Waals surface area (Å²) in [5.41, 5.74) is 2.92. The number of carbonyl (C=O) groups is 1. The molecule has 1 aromatic carbocycles. The van der Waals surface area contributed by atoms with Crippen LogP contribution in [0.4, 0.5) is 0 Å². The third kappa shape index (κ3) is 7.75. The first-order valence-electron chi connectivity index (χ1n) is 9.29. The molecule has 1 aromatic heterocycles. The first-order valence-corrected chi connectivity index (χ1v) is 10.1. The predicted molar refractivity (Wildman–Crippen MR) is 128 cm³/mol. The average molecular weight is 515 g/mol. The number of nitrogens with zero attached hydrogens (tertiary/aromatic N) is 2. The SMILES string of the molecule is CCNC(=NCCc1nc(C)c(C)s1)NCCc1cccc(C(=O)NC)c1.I. The van der Waals surface area contributed by atoms with Crippen molar-refractivity contribution < 1.29 is 4.79 Å². The van der Waals surface area contributed by atoms with Gasteiger partial charge in [0.25, 0.3) is 5.91 Å².